The Balaban J connectivity index is 2.13. The summed E-state index contributed by atoms with van der Waals surface area (Å²) < 4.78 is 11.0. The number of benzene rings is 1. The molecule has 0 unspecified atom stereocenters. The SMILES string of the molecule is COc1cc(C(=O)N2CCC[C@@H](C(=O)O)C2)ccc1OCC(C)C. The van der Waals surface area contributed by atoms with Crippen molar-refractivity contribution in [2.24, 2.45) is 11.8 Å². The summed E-state index contributed by atoms with van der Waals surface area (Å²) in [7, 11) is 1.53. The highest BCUT2D eigenvalue weighted by Crippen LogP contribution is 2.29. The first-order valence-electron chi connectivity index (χ1n) is 8.25. The van der Waals surface area contributed by atoms with E-state index in [-0.39, 0.29) is 12.5 Å². The van der Waals surface area contributed by atoms with E-state index in [0.717, 1.165) is 0 Å². The van der Waals surface area contributed by atoms with Crippen molar-refractivity contribution < 1.29 is 24.2 Å². The second-order valence-corrected chi connectivity index (χ2v) is 6.50. The van der Waals surface area contributed by atoms with Crippen LogP contribution >= 0.6 is 0 Å². The second kappa shape index (κ2) is 8.04. The zero-order valence-electron chi connectivity index (χ0n) is 14.4. The lowest BCUT2D eigenvalue weighted by Gasteiger charge is -2.30. The lowest BCUT2D eigenvalue weighted by atomic mass is 9.97. The first-order valence-corrected chi connectivity index (χ1v) is 8.25. The molecular formula is C18H25NO5. The maximum absolute atomic E-state index is 12.7. The van der Waals surface area contributed by atoms with Crippen LogP contribution in [0.25, 0.3) is 0 Å². The van der Waals surface area contributed by atoms with Gasteiger partial charge in [0.15, 0.2) is 11.5 Å². The third-order valence-corrected chi connectivity index (χ3v) is 4.04. The van der Waals surface area contributed by atoms with Gasteiger partial charge in [-0.25, -0.2) is 0 Å². The Bertz CT molecular complexity index is 599. The molecule has 132 valence electrons. The molecule has 2 rings (SSSR count). The predicted molar refractivity (Wildman–Crippen MR) is 89.6 cm³/mol. The molecular weight excluding hydrogens is 310 g/mol. The fraction of sp³-hybridized carbons (Fsp3) is 0.556. The molecule has 24 heavy (non-hydrogen) atoms. The average Bonchev–Trinajstić information content (AvgIpc) is 2.59. The number of carbonyl (C=O) groups is 2. The van der Waals surface area contributed by atoms with Crippen LogP contribution in [0.15, 0.2) is 18.2 Å². The first kappa shape index (κ1) is 18.1. The van der Waals surface area contributed by atoms with Crippen LogP contribution in [0, 0.1) is 11.8 Å². The van der Waals surface area contributed by atoms with Gasteiger partial charge >= 0.3 is 5.97 Å². The molecule has 1 N–H and O–H groups in total. The predicted octanol–water partition coefficient (Wildman–Crippen LogP) is 2.67. The standard InChI is InChI=1S/C18H25NO5/c1-12(2)11-24-15-7-6-13(9-16(15)23-3)17(20)19-8-4-5-14(10-19)18(21)22/h6-7,9,12,14H,4-5,8,10-11H2,1-3H3,(H,21,22)/t14-/m1/s1. The number of hydrogen-bond acceptors (Lipinski definition) is 4. The van der Waals surface area contributed by atoms with E-state index in [1.165, 1.54) is 7.11 Å². The van der Waals surface area contributed by atoms with Gasteiger partial charge in [-0.3, -0.25) is 9.59 Å². The number of carbonyl (C=O) groups excluding carboxylic acids is 1. The van der Waals surface area contributed by atoms with E-state index >= 15 is 0 Å². The Morgan fingerprint density at radius 3 is 2.71 bits per heavy atom. The summed E-state index contributed by atoms with van der Waals surface area (Å²) in [4.78, 5) is 25.4. The van der Waals surface area contributed by atoms with Crippen LogP contribution in [-0.4, -0.2) is 48.7 Å². The maximum atomic E-state index is 12.7. The number of ether oxygens (including phenoxy) is 2. The molecule has 1 aliphatic rings. The molecule has 1 atom stereocenters. The van der Waals surface area contributed by atoms with Crippen LogP contribution in [0.5, 0.6) is 11.5 Å². The molecule has 0 aliphatic carbocycles. The van der Waals surface area contributed by atoms with E-state index in [1.807, 2.05) is 0 Å². The van der Waals surface area contributed by atoms with Crippen molar-refractivity contribution in [3.8, 4) is 11.5 Å². The Labute approximate surface area is 142 Å². The van der Waals surface area contributed by atoms with E-state index in [9.17, 15) is 9.59 Å². The topological polar surface area (TPSA) is 76.1 Å². The van der Waals surface area contributed by atoms with E-state index < -0.39 is 11.9 Å². The largest absolute Gasteiger partial charge is 0.493 e. The lowest BCUT2D eigenvalue weighted by Crippen LogP contribution is -2.42. The minimum absolute atomic E-state index is 0.172. The number of nitrogens with zero attached hydrogens (tertiary/aromatic N) is 1. The van der Waals surface area contributed by atoms with Crippen LogP contribution in [0.3, 0.4) is 0 Å². The quantitative estimate of drug-likeness (QED) is 0.865. The van der Waals surface area contributed by atoms with Crippen molar-refractivity contribution >= 4 is 11.9 Å². The molecule has 1 heterocycles. The summed E-state index contributed by atoms with van der Waals surface area (Å²) in [6, 6.07) is 5.08. The normalized spacial score (nSPS) is 17.7. The molecule has 1 aromatic carbocycles. The zero-order valence-corrected chi connectivity index (χ0v) is 14.4. The minimum atomic E-state index is -0.845. The van der Waals surface area contributed by atoms with Gasteiger partial charge in [-0.05, 0) is 37.0 Å². The number of aliphatic carboxylic acids is 1. The van der Waals surface area contributed by atoms with E-state index in [0.29, 0.717) is 49.0 Å². The van der Waals surface area contributed by atoms with Crippen LogP contribution in [0.2, 0.25) is 0 Å². The second-order valence-electron chi connectivity index (χ2n) is 6.50. The van der Waals surface area contributed by atoms with Crippen molar-refractivity contribution in [1.29, 1.82) is 0 Å². The van der Waals surface area contributed by atoms with Crippen molar-refractivity contribution in [3.05, 3.63) is 23.8 Å². The Kier molecular flexibility index (Phi) is 6.06. The van der Waals surface area contributed by atoms with Gasteiger partial charge in [0.05, 0.1) is 19.6 Å². The number of carboxylic acid groups (broad SMARTS) is 1. The summed E-state index contributed by atoms with van der Waals surface area (Å²) in [5.41, 5.74) is 0.481. The molecule has 1 fully saturated rings. The summed E-state index contributed by atoms with van der Waals surface area (Å²) >= 11 is 0. The fourth-order valence-corrected chi connectivity index (χ4v) is 2.72. The summed E-state index contributed by atoms with van der Waals surface area (Å²) in [5.74, 6) is -0.00849. The highest BCUT2D eigenvalue weighted by atomic mass is 16.5. The number of piperidine rings is 1. The molecule has 1 saturated heterocycles. The molecule has 0 saturated carbocycles. The highest BCUT2D eigenvalue weighted by molar-refractivity contribution is 5.95. The van der Waals surface area contributed by atoms with Crippen LogP contribution < -0.4 is 9.47 Å². The number of amides is 1. The Morgan fingerprint density at radius 2 is 2.08 bits per heavy atom. The minimum Gasteiger partial charge on any atom is -0.493 e. The molecule has 0 spiro atoms. The van der Waals surface area contributed by atoms with Crippen LogP contribution in [0.1, 0.15) is 37.0 Å². The summed E-state index contributed by atoms with van der Waals surface area (Å²) in [6.07, 6.45) is 1.32. The van der Waals surface area contributed by atoms with Gasteiger partial charge in [0.1, 0.15) is 0 Å². The van der Waals surface area contributed by atoms with Gasteiger partial charge in [-0.2, -0.15) is 0 Å². The van der Waals surface area contributed by atoms with Gasteiger partial charge in [0.2, 0.25) is 0 Å². The molecule has 0 radical (unpaired) electrons. The monoisotopic (exact) mass is 335 g/mol. The highest BCUT2D eigenvalue weighted by Gasteiger charge is 2.29. The van der Waals surface area contributed by atoms with Crippen molar-refractivity contribution in [2.45, 2.75) is 26.7 Å². The van der Waals surface area contributed by atoms with E-state index in [1.54, 1.807) is 23.1 Å². The van der Waals surface area contributed by atoms with Gasteiger partial charge in [0.25, 0.3) is 5.91 Å². The summed E-state index contributed by atoms with van der Waals surface area (Å²) in [5, 5.41) is 9.16. The molecule has 1 amide bonds. The van der Waals surface area contributed by atoms with E-state index in [4.69, 9.17) is 14.6 Å². The average molecular weight is 335 g/mol. The van der Waals surface area contributed by atoms with Crippen molar-refractivity contribution in [2.75, 3.05) is 26.8 Å². The molecule has 6 nitrogen and oxygen atoms in total. The van der Waals surface area contributed by atoms with Gasteiger partial charge < -0.3 is 19.5 Å². The number of likely N-dealkylation sites (tertiary alicyclic amines) is 1. The first-order chi connectivity index (χ1) is 11.4. The number of hydrogen-bond donors (Lipinski definition) is 1. The molecule has 0 bridgehead atoms. The van der Waals surface area contributed by atoms with Crippen LogP contribution in [0.4, 0.5) is 0 Å². The fourth-order valence-electron chi connectivity index (χ4n) is 2.72. The van der Waals surface area contributed by atoms with Gasteiger partial charge in [0, 0.05) is 18.7 Å². The summed E-state index contributed by atoms with van der Waals surface area (Å²) in [6.45, 7) is 5.51. The third kappa shape index (κ3) is 4.40. The zero-order chi connectivity index (χ0) is 17.7. The maximum Gasteiger partial charge on any atom is 0.308 e. The Morgan fingerprint density at radius 1 is 1.33 bits per heavy atom. The van der Waals surface area contributed by atoms with E-state index in [2.05, 4.69) is 13.8 Å². The third-order valence-electron chi connectivity index (χ3n) is 4.04. The molecule has 1 aliphatic heterocycles. The Hall–Kier alpha value is -2.24. The number of carboxylic acids is 1. The molecule has 0 aromatic heterocycles. The number of methoxy groups -OCH3 is 1. The van der Waals surface area contributed by atoms with Gasteiger partial charge in [-0.15, -0.1) is 0 Å². The molecule has 6 heteroatoms. The van der Waals surface area contributed by atoms with Crippen LogP contribution in [-0.2, 0) is 4.79 Å². The number of rotatable bonds is 6. The van der Waals surface area contributed by atoms with Crippen molar-refractivity contribution in [3.63, 3.8) is 0 Å². The lowest BCUT2D eigenvalue weighted by molar-refractivity contribution is -0.143. The smallest absolute Gasteiger partial charge is 0.308 e. The molecule has 1 aromatic rings. The van der Waals surface area contributed by atoms with Gasteiger partial charge in [-0.1, -0.05) is 13.8 Å². The van der Waals surface area contributed by atoms with Crippen molar-refractivity contribution in [1.82, 2.24) is 4.90 Å².